The fourth-order valence-electron chi connectivity index (χ4n) is 2.86. The molecule has 4 heterocycles. The second-order valence-corrected chi connectivity index (χ2v) is 6.08. The molecule has 0 amide bonds. The van der Waals surface area contributed by atoms with Gasteiger partial charge < -0.3 is 4.74 Å². The van der Waals surface area contributed by atoms with Crippen LogP contribution in [0.3, 0.4) is 0 Å². The van der Waals surface area contributed by atoms with Gasteiger partial charge in [0, 0.05) is 12.0 Å². The highest BCUT2D eigenvalue weighted by molar-refractivity contribution is 9.10. The summed E-state index contributed by atoms with van der Waals surface area (Å²) in [6.07, 6.45) is 9.23. The van der Waals surface area contributed by atoms with Crippen molar-refractivity contribution in [3.8, 4) is 0 Å². The molecule has 2 aromatic heterocycles. The predicted octanol–water partition coefficient (Wildman–Crippen LogP) is 3.25. The van der Waals surface area contributed by atoms with Gasteiger partial charge in [-0.15, -0.1) is 0 Å². The van der Waals surface area contributed by atoms with E-state index < -0.39 is 0 Å². The maximum atomic E-state index is 5.88. The summed E-state index contributed by atoms with van der Waals surface area (Å²) in [6, 6.07) is 2.01. The van der Waals surface area contributed by atoms with Gasteiger partial charge in [0.1, 0.15) is 10.3 Å². The quantitative estimate of drug-likeness (QED) is 0.784. The molecule has 1 saturated heterocycles. The lowest BCUT2D eigenvalue weighted by molar-refractivity contribution is -0.0367. The third-order valence-electron chi connectivity index (χ3n) is 3.87. The zero-order chi connectivity index (χ0) is 14.2. The monoisotopic (exact) mass is 346 g/mol. The largest absolute Gasteiger partial charge is 0.356 e. The Hall–Kier alpha value is -1.53. The van der Waals surface area contributed by atoms with E-state index in [2.05, 4.69) is 25.9 Å². The number of hydrogen-bond donors (Lipinski definition) is 0. The first-order valence-electron chi connectivity index (χ1n) is 7.19. The van der Waals surface area contributed by atoms with Gasteiger partial charge in [-0.1, -0.05) is 6.08 Å². The topological polar surface area (TPSA) is 52.3 Å². The molecule has 0 radical (unpaired) electrons. The van der Waals surface area contributed by atoms with Gasteiger partial charge in [-0.25, -0.2) is 9.67 Å². The number of fused-ring (bicyclic) bond motifs is 1. The van der Waals surface area contributed by atoms with Crippen LogP contribution < -0.4 is 0 Å². The molecule has 2 aliphatic heterocycles. The first-order chi connectivity index (χ1) is 10.3. The normalized spacial score (nSPS) is 22.0. The molecule has 4 rings (SSSR count). The number of nitrogens with zero attached hydrogens (tertiary/aromatic N) is 4. The summed E-state index contributed by atoms with van der Waals surface area (Å²) >= 11 is 3.44. The number of hydrogen-bond acceptors (Lipinski definition) is 4. The van der Waals surface area contributed by atoms with Crippen molar-refractivity contribution in [2.45, 2.75) is 25.5 Å². The van der Waals surface area contributed by atoms with E-state index in [0.29, 0.717) is 0 Å². The zero-order valence-electron chi connectivity index (χ0n) is 11.5. The Morgan fingerprint density at radius 3 is 3.05 bits per heavy atom. The van der Waals surface area contributed by atoms with Gasteiger partial charge in [0.05, 0.1) is 24.0 Å². The van der Waals surface area contributed by atoms with Crippen LogP contribution in [0.25, 0.3) is 10.9 Å². The molecule has 0 N–H and O–H groups in total. The van der Waals surface area contributed by atoms with E-state index in [0.717, 1.165) is 52.9 Å². The van der Waals surface area contributed by atoms with Crippen LogP contribution in [0.2, 0.25) is 0 Å². The van der Waals surface area contributed by atoms with Gasteiger partial charge in [0.25, 0.3) is 0 Å². The van der Waals surface area contributed by atoms with Gasteiger partial charge in [-0.05, 0) is 47.3 Å². The second kappa shape index (κ2) is 5.35. The van der Waals surface area contributed by atoms with Crippen LogP contribution in [0.5, 0.6) is 0 Å². The average Bonchev–Trinajstić information content (AvgIpc) is 3.14. The Balaban J connectivity index is 1.88. The minimum atomic E-state index is 0.00366. The van der Waals surface area contributed by atoms with E-state index in [-0.39, 0.29) is 6.23 Å². The van der Waals surface area contributed by atoms with Crippen LogP contribution in [0.4, 0.5) is 0 Å². The molecule has 0 spiro atoms. The van der Waals surface area contributed by atoms with E-state index in [1.807, 2.05) is 29.1 Å². The lowest BCUT2D eigenvalue weighted by Crippen LogP contribution is -2.19. The number of aromatic nitrogens is 3. The number of aliphatic imine (C=N–C) groups is 1. The maximum Gasteiger partial charge on any atom is 0.150 e. The number of rotatable bonds is 2. The van der Waals surface area contributed by atoms with Crippen molar-refractivity contribution in [1.82, 2.24) is 14.8 Å². The highest BCUT2D eigenvalue weighted by atomic mass is 79.9. The number of allylic oxidation sites excluding steroid dienone is 1. The second-order valence-electron chi connectivity index (χ2n) is 5.27. The number of pyridine rings is 1. The van der Waals surface area contributed by atoms with Gasteiger partial charge in [0.15, 0.2) is 6.23 Å². The first-order valence-corrected chi connectivity index (χ1v) is 7.99. The molecule has 1 fully saturated rings. The van der Waals surface area contributed by atoms with Gasteiger partial charge >= 0.3 is 0 Å². The zero-order valence-corrected chi connectivity index (χ0v) is 13.1. The van der Waals surface area contributed by atoms with Crippen LogP contribution in [-0.4, -0.2) is 33.6 Å². The first kappa shape index (κ1) is 13.2. The van der Waals surface area contributed by atoms with Gasteiger partial charge in [-0.2, -0.15) is 5.10 Å². The summed E-state index contributed by atoms with van der Waals surface area (Å²) in [7, 11) is 0. The molecular formula is C15H15BrN4O. The molecule has 0 aromatic carbocycles. The molecular weight excluding hydrogens is 332 g/mol. The van der Waals surface area contributed by atoms with Crippen molar-refractivity contribution < 1.29 is 4.74 Å². The average molecular weight is 347 g/mol. The summed E-state index contributed by atoms with van der Waals surface area (Å²) in [5.41, 5.74) is 2.85. The van der Waals surface area contributed by atoms with Crippen LogP contribution in [-0.2, 0) is 4.74 Å². The maximum absolute atomic E-state index is 5.88. The standard InChI is InChI=1S/C15H15BrN4O/c16-13-8-10-12(9-18-13)20(14-5-1-2-7-21-14)19-15(10)11-4-3-6-17-11/h3-4,8-9,14H,1-2,5-7H2. The molecule has 1 atom stereocenters. The molecule has 0 saturated carbocycles. The van der Waals surface area contributed by atoms with Crippen LogP contribution >= 0.6 is 15.9 Å². The third-order valence-corrected chi connectivity index (χ3v) is 4.31. The van der Waals surface area contributed by atoms with Crippen molar-refractivity contribution >= 4 is 32.5 Å². The number of ether oxygens (including phenoxy) is 1. The van der Waals surface area contributed by atoms with Crippen molar-refractivity contribution in [2.24, 2.45) is 4.99 Å². The summed E-state index contributed by atoms with van der Waals surface area (Å²) < 4.78 is 8.66. The van der Waals surface area contributed by atoms with E-state index in [9.17, 15) is 0 Å². The molecule has 21 heavy (non-hydrogen) atoms. The third kappa shape index (κ3) is 2.32. The summed E-state index contributed by atoms with van der Waals surface area (Å²) in [5, 5.41) is 5.85. The molecule has 6 heteroatoms. The molecule has 2 aromatic rings. The van der Waals surface area contributed by atoms with Crippen molar-refractivity contribution in [3.63, 3.8) is 0 Å². The van der Waals surface area contributed by atoms with Gasteiger partial charge in [-0.3, -0.25) is 4.99 Å². The van der Waals surface area contributed by atoms with Crippen LogP contribution in [0.15, 0.2) is 34.0 Å². The smallest absolute Gasteiger partial charge is 0.150 e. The minimum Gasteiger partial charge on any atom is -0.356 e. The lowest BCUT2D eigenvalue weighted by atomic mass is 10.1. The minimum absolute atomic E-state index is 0.00366. The highest BCUT2D eigenvalue weighted by Crippen LogP contribution is 2.29. The van der Waals surface area contributed by atoms with E-state index in [1.54, 1.807) is 0 Å². The Bertz CT molecular complexity index is 743. The summed E-state index contributed by atoms with van der Waals surface area (Å²) in [5.74, 6) is 0. The Morgan fingerprint density at radius 1 is 1.33 bits per heavy atom. The van der Waals surface area contributed by atoms with Crippen LogP contribution in [0.1, 0.15) is 31.2 Å². The Kier molecular flexibility index (Phi) is 3.35. The highest BCUT2D eigenvalue weighted by Gasteiger charge is 2.23. The molecule has 2 aliphatic rings. The van der Waals surface area contributed by atoms with E-state index >= 15 is 0 Å². The fourth-order valence-corrected chi connectivity index (χ4v) is 3.19. The van der Waals surface area contributed by atoms with Crippen molar-refractivity contribution in [1.29, 1.82) is 0 Å². The summed E-state index contributed by atoms with van der Waals surface area (Å²) in [4.78, 5) is 8.84. The van der Waals surface area contributed by atoms with E-state index in [1.165, 1.54) is 6.42 Å². The molecule has 5 nitrogen and oxygen atoms in total. The van der Waals surface area contributed by atoms with Crippen molar-refractivity contribution in [2.75, 3.05) is 13.2 Å². The predicted molar refractivity (Wildman–Crippen MR) is 84.6 cm³/mol. The molecule has 0 aliphatic carbocycles. The Labute approximate surface area is 130 Å². The van der Waals surface area contributed by atoms with Crippen LogP contribution in [0, 0.1) is 0 Å². The molecule has 1 unspecified atom stereocenters. The molecule has 0 bridgehead atoms. The lowest BCUT2D eigenvalue weighted by Gasteiger charge is -2.23. The van der Waals surface area contributed by atoms with Crippen molar-refractivity contribution in [3.05, 3.63) is 34.7 Å². The number of halogens is 1. The van der Waals surface area contributed by atoms with Gasteiger partial charge in [0.2, 0.25) is 0 Å². The summed E-state index contributed by atoms with van der Waals surface area (Å²) in [6.45, 7) is 1.53. The Morgan fingerprint density at radius 2 is 2.29 bits per heavy atom. The van der Waals surface area contributed by atoms with E-state index in [4.69, 9.17) is 9.84 Å². The fraction of sp³-hybridized carbons (Fsp3) is 0.400. The molecule has 108 valence electrons. The SMILES string of the molecule is Brc1cc2c(C3=NCC=C3)nn(C3CCCCO3)c2cn1.